The third-order valence-corrected chi connectivity index (χ3v) is 3.23. The van der Waals surface area contributed by atoms with Crippen LogP contribution in [-0.4, -0.2) is 11.7 Å². The van der Waals surface area contributed by atoms with Crippen LogP contribution in [0, 0.1) is 11.7 Å². The van der Waals surface area contributed by atoms with Gasteiger partial charge in [-0.2, -0.15) is 0 Å². The average Bonchev–Trinajstić information content (AvgIpc) is 2.62. The lowest BCUT2D eigenvalue weighted by Gasteiger charge is -2.17. The summed E-state index contributed by atoms with van der Waals surface area (Å²) in [5.41, 5.74) is 1.96. The third-order valence-electron chi connectivity index (χ3n) is 3.23. The van der Waals surface area contributed by atoms with Gasteiger partial charge in [0.15, 0.2) is 0 Å². The summed E-state index contributed by atoms with van der Waals surface area (Å²) in [7, 11) is 0. The number of aliphatic hydroxyl groups is 1. The number of benzene rings is 1. The summed E-state index contributed by atoms with van der Waals surface area (Å²) in [6, 6.07) is 5.27. The number of fused-ring (bicyclic) bond motifs is 1. The highest BCUT2D eigenvalue weighted by Gasteiger charge is 2.28. The molecule has 1 aliphatic carbocycles. The molecule has 0 saturated heterocycles. The maximum absolute atomic E-state index is 13.4. The third kappa shape index (κ3) is 1.44. The molecule has 14 heavy (non-hydrogen) atoms. The Balaban J connectivity index is 2.35. The standard InChI is InChI=1S/C12H15FO/c1-8(7-14)9-5-6-11-10(9)3-2-4-12(11)13/h2-4,8-9,14H,5-7H2,1H3. The molecule has 0 saturated carbocycles. The summed E-state index contributed by atoms with van der Waals surface area (Å²) in [6.45, 7) is 2.20. The first-order valence-corrected chi connectivity index (χ1v) is 5.12. The maximum atomic E-state index is 13.4. The fourth-order valence-corrected chi connectivity index (χ4v) is 2.36. The lowest BCUT2D eigenvalue weighted by Crippen LogP contribution is -2.10. The van der Waals surface area contributed by atoms with Crippen molar-refractivity contribution in [2.75, 3.05) is 6.61 Å². The molecule has 1 nitrogen and oxygen atoms in total. The van der Waals surface area contributed by atoms with Crippen LogP contribution in [0.25, 0.3) is 0 Å². The minimum atomic E-state index is -0.0878. The zero-order valence-corrected chi connectivity index (χ0v) is 8.33. The summed E-state index contributed by atoms with van der Waals surface area (Å²) in [5.74, 6) is 0.485. The highest BCUT2D eigenvalue weighted by Crippen LogP contribution is 2.38. The summed E-state index contributed by atoms with van der Waals surface area (Å²) in [5, 5.41) is 9.10. The Morgan fingerprint density at radius 1 is 1.57 bits per heavy atom. The average molecular weight is 194 g/mol. The minimum absolute atomic E-state index is 0.0878. The van der Waals surface area contributed by atoms with Crippen LogP contribution < -0.4 is 0 Å². The van der Waals surface area contributed by atoms with Crippen LogP contribution >= 0.6 is 0 Å². The van der Waals surface area contributed by atoms with Crippen LogP contribution in [0.5, 0.6) is 0 Å². The molecule has 0 amide bonds. The molecule has 0 radical (unpaired) electrons. The first-order valence-electron chi connectivity index (χ1n) is 5.12. The molecule has 2 unspecified atom stereocenters. The van der Waals surface area contributed by atoms with Gasteiger partial charge in [-0.25, -0.2) is 4.39 Å². The molecule has 0 spiro atoms. The number of hydrogen-bond acceptors (Lipinski definition) is 1. The van der Waals surface area contributed by atoms with Crippen LogP contribution in [-0.2, 0) is 6.42 Å². The Kier molecular flexibility index (Phi) is 2.55. The van der Waals surface area contributed by atoms with Gasteiger partial charge in [0.05, 0.1) is 0 Å². The molecule has 2 heteroatoms. The van der Waals surface area contributed by atoms with Crippen molar-refractivity contribution in [2.24, 2.45) is 5.92 Å². The second-order valence-corrected chi connectivity index (χ2v) is 4.11. The van der Waals surface area contributed by atoms with E-state index < -0.39 is 0 Å². The molecule has 1 aromatic carbocycles. The van der Waals surface area contributed by atoms with Crippen molar-refractivity contribution in [3.05, 3.63) is 35.1 Å². The van der Waals surface area contributed by atoms with Gasteiger partial charge in [0, 0.05) is 6.61 Å². The van der Waals surface area contributed by atoms with E-state index in [4.69, 9.17) is 5.11 Å². The van der Waals surface area contributed by atoms with E-state index >= 15 is 0 Å². The van der Waals surface area contributed by atoms with Crippen molar-refractivity contribution in [2.45, 2.75) is 25.7 Å². The van der Waals surface area contributed by atoms with Gasteiger partial charge >= 0.3 is 0 Å². The van der Waals surface area contributed by atoms with E-state index in [1.165, 1.54) is 6.07 Å². The first-order chi connectivity index (χ1) is 6.74. The normalized spacial score (nSPS) is 22.1. The topological polar surface area (TPSA) is 20.2 Å². The monoisotopic (exact) mass is 194 g/mol. The molecule has 0 heterocycles. The van der Waals surface area contributed by atoms with E-state index in [0.29, 0.717) is 5.92 Å². The fraction of sp³-hybridized carbons (Fsp3) is 0.500. The second kappa shape index (κ2) is 3.70. The van der Waals surface area contributed by atoms with Gasteiger partial charge < -0.3 is 5.11 Å². The Bertz CT molecular complexity index is 335. The van der Waals surface area contributed by atoms with E-state index in [1.807, 2.05) is 13.0 Å². The van der Waals surface area contributed by atoms with Gasteiger partial charge in [-0.3, -0.25) is 0 Å². The van der Waals surface area contributed by atoms with E-state index in [0.717, 1.165) is 24.0 Å². The number of rotatable bonds is 2. The van der Waals surface area contributed by atoms with Crippen molar-refractivity contribution in [1.82, 2.24) is 0 Å². The molecule has 1 aliphatic rings. The van der Waals surface area contributed by atoms with Gasteiger partial charge in [-0.15, -0.1) is 0 Å². The van der Waals surface area contributed by atoms with Crippen LogP contribution in [0.15, 0.2) is 18.2 Å². The molecule has 1 N–H and O–H groups in total. The number of hydrogen-bond donors (Lipinski definition) is 1. The highest BCUT2D eigenvalue weighted by molar-refractivity contribution is 5.36. The van der Waals surface area contributed by atoms with Gasteiger partial charge in [-0.1, -0.05) is 19.1 Å². The molecular weight excluding hydrogens is 179 g/mol. The molecular formula is C12H15FO. The van der Waals surface area contributed by atoms with E-state index in [2.05, 4.69) is 0 Å². The molecule has 2 atom stereocenters. The predicted molar refractivity (Wildman–Crippen MR) is 53.7 cm³/mol. The van der Waals surface area contributed by atoms with Crippen molar-refractivity contribution >= 4 is 0 Å². The molecule has 1 aromatic rings. The van der Waals surface area contributed by atoms with Crippen molar-refractivity contribution in [3.8, 4) is 0 Å². The quantitative estimate of drug-likeness (QED) is 0.766. The maximum Gasteiger partial charge on any atom is 0.126 e. The van der Waals surface area contributed by atoms with Crippen molar-refractivity contribution in [1.29, 1.82) is 0 Å². The molecule has 0 aromatic heterocycles. The fourth-order valence-electron chi connectivity index (χ4n) is 2.36. The van der Waals surface area contributed by atoms with Crippen LogP contribution in [0.2, 0.25) is 0 Å². The zero-order valence-electron chi connectivity index (χ0n) is 8.33. The Hall–Kier alpha value is -0.890. The molecule has 0 bridgehead atoms. The molecule has 0 aliphatic heterocycles. The largest absolute Gasteiger partial charge is 0.396 e. The summed E-state index contributed by atoms with van der Waals surface area (Å²) >= 11 is 0. The summed E-state index contributed by atoms with van der Waals surface area (Å²) in [4.78, 5) is 0. The summed E-state index contributed by atoms with van der Waals surface area (Å²) < 4.78 is 13.4. The van der Waals surface area contributed by atoms with Crippen LogP contribution in [0.1, 0.15) is 30.4 Å². The van der Waals surface area contributed by atoms with Gasteiger partial charge in [0.25, 0.3) is 0 Å². The van der Waals surface area contributed by atoms with E-state index in [9.17, 15) is 4.39 Å². The molecule has 2 rings (SSSR count). The van der Waals surface area contributed by atoms with Crippen molar-refractivity contribution in [3.63, 3.8) is 0 Å². The highest BCUT2D eigenvalue weighted by atomic mass is 19.1. The van der Waals surface area contributed by atoms with Gasteiger partial charge in [-0.05, 0) is 41.9 Å². The lowest BCUT2D eigenvalue weighted by molar-refractivity contribution is 0.215. The molecule has 0 fully saturated rings. The number of halogens is 1. The van der Waals surface area contributed by atoms with E-state index in [-0.39, 0.29) is 18.3 Å². The second-order valence-electron chi connectivity index (χ2n) is 4.11. The van der Waals surface area contributed by atoms with Crippen LogP contribution in [0.3, 0.4) is 0 Å². The van der Waals surface area contributed by atoms with Crippen molar-refractivity contribution < 1.29 is 9.50 Å². The van der Waals surface area contributed by atoms with E-state index in [1.54, 1.807) is 6.07 Å². The Morgan fingerprint density at radius 2 is 2.36 bits per heavy atom. The van der Waals surface area contributed by atoms with Gasteiger partial charge in [0.1, 0.15) is 5.82 Å². The predicted octanol–water partition coefficient (Wildman–Crippen LogP) is 2.48. The SMILES string of the molecule is CC(CO)C1CCc2c(F)cccc21. The van der Waals surface area contributed by atoms with Crippen LogP contribution in [0.4, 0.5) is 4.39 Å². The van der Waals surface area contributed by atoms with Gasteiger partial charge in [0.2, 0.25) is 0 Å². The Morgan fingerprint density at radius 3 is 3.07 bits per heavy atom. The lowest BCUT2D eigenvalue weighted by atomic mass is 9.89. The molecule has 76 valence electrons. The summed E-state index contributed by atoms with van der Waals surface area (Å²) in [6.07, 6.45) is 1.79. The zero-order chi connectivity index (χ0) is 10.1. The Labute approximate surface area is 83.6 Å². The first kappa shape index (κ1) is 9.66. The smallest absolute Gasteiger partial charge is 0.126 e. The number of aliphatic hydroxyl groups excluding tert-OH is 1. The minimum Gasteiger partial charge on any atom is -0.396 e.